The Morgan fingerprint density at radius 1 is 0.975 bits per heavy atom. The molecule has 0 radical (unpaired) electrons. The highest BCUT2D eigenvalue weighted by atomic mass is 16.5. The zero-order valence-corrected chi connectivity index (χ0v) is 22.8. The Bertz CT molecular complexity index is 1380. The van der Waals surface area contributed by atoms with Gasteiger partial charge in [-0.2, -0.15) is 0 Å². The Hall–Kier alpha value is -4.14. The molecule has 1 amide bonds. The van der Waals surface area contributed by atoms with Crippen LogP contribution in [0.5, 0.6) is 11.5 Å². The van der Waals surface area contributed by atoms with E-state index in [0.29, 0.717) is 50.0 Å². The summed E-state index contributed by atoms with van der Waals surface area (Å²) in [4.78, 5) is 30.5. The van der Waals surface area contributed by atoms with Gasteiger partial charge < -0.3 is 24.2 Å². The van der Waals surface area contributed by atoms with E-state index in [1.165, 1.54) is 0 Å². The minimum Gasteiger partial charge on any atom is -0.507 e. The number of nitrogens with zero attached hydrogens (tertiary/aromatic N) is 2. The zero-order valence-electron chi connectivity index (χ0n) is 22.8. The van der Waals surface area contributed by atoms with Crippen LogP contribution in [0.25, 0.3) is 5.76 Å². The van der Waals surface area contributed by atoms with E-state index < -0.39 is 17.7 Å². The molecule has 8 heteroatoms. The number of likely N-dealkylation sites (tertiary alicyclic amines) is 1. The molecule has 8 nitrogen and oxygen atoms in total. The Morgan fingerprint density at radius 3 is 2.38 bits per heavy atom. The molecule has 2 aliphatic heterocycles. The number of Topliss-reactive ketones (excluding diaryl/α,β-unsaturated/α-hetero) is 1. The average molecular weight is 543 g/mol. The van der Waals surface area contributed by atoms with Gasteiger partial charge in [0.05, 0.1) is 31.9 Å². The second-order valence-electron chi connectivity index (χ2n) is 9.97. The van der Waals surface area contributed by atoms with Gasteiger partial charge in [0.15, 0.2) is 0 Å². The highest BCUT2D eigenvalue weighted by Crippen LogP contribution is 2.40. The Balaban J connectivity index is 1.46. The van der Waals surface area contributed by atoms with Crippen LogP contribution in [-0.2, 0) is 20.9 Å². The van der Waals surface area contributed by atoms with Crippen molar-refractivity contribution in [3.05, 3.63) is 101 Å². The summed E-state index contributed by atoms with van der Waals surface area (Å²) in [6.45, 7) is 6.07. The summed E-state index contributed by atoms with van der Waals surface area (Å²) in [6.07, 6.45) is 0. The van der Waals surface area contributed by atoms with Gasteiger partial charge in [0.2, 0.25) is 0 Å². The standard InChI is InChI=1S/C32H34N2O6/c1-22-20-25(10-13-27(22)38-2)30(35)28-29(34(32(37)31(28)36)15-14-33-16-18-39-19-17-33)24-8-11-26(12-9-24)40-21-23-6-4-3-5-7-23/h3-13,20,29,35H,14-19,21H2,1-2H3/b30-28+. The first kappa shape index (κ1) is 27.4. The summed E-state index contributed by atoms with van der Waals surface area (Å²) in [7, 11) is 1.58. The third kappa shape index (κ3) is 5.88. The minimum absolute atomic E-state index is 0.0782. The van der Waals surface area contributed by atoms with Crippen LogP contribution in [0, 0.1) is 6.92 Å². The number of rotatable bonds is 9. The van der Waals surface area contributed by atoms with E-state index in [1.807, 2.05) is 61.5 Å². The summed E-state index contributed by atoms with van der Waals surface area (Å²) in [5, 5.41) is 11.4. The smallest absolute Gasteiger partial charge is 0.295 e. The molecule has 3 aromatic rings. The average Bonchev–Trinajstić information content (AvgIpc) is 3.25. The highest BCUT2D eigenvalue weighted by Gasteiger charge is 2.46. The van der Waals surface area contributed by atoms with Gasteiger partial charge in [0.25, 0.3) is 11.7 Å². The first-order valence-electron chi connectivity index (χ1n) is 13.5. The zero-order chi connectivity index (χ0) is 28.1. The van der Waals surface area contributed by atoms with Crippen molar-refractivity contribution in [2.75, 3.05) is 46.5 Å². The minimum atomic E-state index is -0.730. The number of aliphatic hydroxyl groups excluding tert-OH is 1. The van der Waals surface area contributed by atoms with Gasteiger partial charge in [-0.1, -0.05) is 42.5 Å². The molecule has 208 valence electrons. The lowest BCUT2D eigenvalue weighted by Gasteiger charge is -2.31. The molecule has 1 N–H and O–H groups in total. The van der Waals surface area contributed by atoms with Gasteiger partial charge in [-0.15, -0.1) is 0 Å². The van der Waals surface area contributed by atoms with Crippen LogP contribution in [0.1, 0.15) is 28.3 Å². The largest absolute Gasteiger partial charge is 0.507 e. The summed E-state index contributed by atoms with van der Waals surface area (Å²) < 4.78 is 16.7. The normalized spacial score (nSPS) is 19.1. The van der Waals surface area contributed by atoms with Crippen molar-refractivity contribution < 1.29 is 28.9 Å². The van der Waals surface area contributed by atoms with Crippen molar-refractivity contribution in [2.45, 2.75) is 19.6 Å². The topological polar surface area (TPSA) is 88.5 Å². The van der Waals surface area contributed by atoms with Gasteiger partial charge in [-0.3, -0.25) is 14.5 Å². The Labute approximate surface area is 234 Å². The summed E-state index contributed by atoms with van der Waals surface area (Å²) in [5.74, 6) is -0.169. The van der Waals surface area contributed by atoms with Gasteiger partial charge in [0, 0.05) is 31.7 Å². The molecule has 0 aliphatic carbocycles. The molecule has 1 atom stereocenters. The number of aliphatic hydroxyl groups is 1. The van der Waals surface area contributed by atoms with Crippen LogP contribution in [0.4, 0.5) is 0 Å². The van der Waals surface area contributed by atoms with Crippen molar-refractivity contribution in [1.82, 2.24) is 9.80 Å². The number of carbonyl (C=O) groups excluding carboxylic acids is 2. The van der Waals surface area contributed by atoms with Gasteiger partial charge >= 0.3 is 0 Å². The molecule has 1 unspecified atom stereocenters. The number of ketones is 1. The van der Waals surface area contributed by atoms with Crippen LogP contribution in [0.15, 0.2) is 78.4 Å². The van der Waals surface area contributed by atoms with Crippen molar-refractivity contribution in [3.63, 3.8) is 0 Å². The number of methoxy groups -OCH3 is 1. The van der Waals surface area contributed by atoms with E-state index in [9.17, 15) is 14.7 Å². The fourth-order valence-corrected chi connectivity index (χ4v) is 5.20. The number of morpholine rings is 1. The lowest BCUT2D eigenvalue weighted by molar-refractivity contribution is -0.140. The molecule has 5 rings (SSSR count). The number of hydrogen-bond donors (Lipinski definition) is 1. The number of ether oxygens (including phenoxy) is 3. The first-order valence-corrected chi connectivity index (χ1v) is 13.5. The van der Waals surface area contributed by atoms with E-state index in [0.717, 1.165) is 29.8 Å². The number of benzene rings is 3. The van der Waals surface area contributed by atoms with E-state index in [1.54, 1.807) is 30.2 Å². The molecule has 2 saturated heterocycles. The molecule has 2 aliphatic rings. The van der Waals surface area contributed by atoms with Crippen LogP contribution < -0.4 is 9.47 Å². The predicted octanol–water partition coefficient (Wildman–Crippen LogP) is 4.34. The van der Waals surface area contributed by atoms with Crippen molar-refractivity contribution in [1.29, 1.82) is 0 Å². The SMILES string of the molecule is COc1ccc(/C(O)=C2\C(=O)C(=O)N(CCN3CCOCC3)C2c2ccc(OCc3ccccc3)cc2)cc1C. The van der Waals surface area contributed by atoms with Gasteiger partial charge in [-0.05, 0) is 53.9 Å². The maximum Gasteiger partial charge on any atom is 0.295 e. The highest BCUT2D eigenvalue weighted by molar-refractivity contribution is 6.46. The van der Waals surface area contributed by atoms with Gasteiger partial charge in [-0.25, -0.2) is 0 Å². The number of amides is 1. The lowest BCUT2D eigenvalue weighted by atomic mass is 9.94. The number of carbonyl (C=O) groups is 2. The van der Waals surface area contributed by atoms with Crippen LogP contribution in [0.2, 0.25) is 0 Å². The third-order valence-electron chi connectivity index (χ3n) is 7.41. The van der Waals surface area contributed by atoms with Crippen molar-refractivity contribution in [2.24, 2.45) is 0 Å². The molecule has 40 heavy (non-hydrogen) atoms. The Kier molecular flexibility index (Phi) is 8.48. The first-order chi connectivity index (χ1) is 19.5. The molecule has 3 aromatic carbocycles. The second-order valence-corrected chi connectivity index (χ2v) is 9.97. The second kappa shape index (κ2) is 12.4. The molecule has 0 aromatic heterocycles. The van der Waals surface area contributed by atoms with E-state index in [2.05, 4.69) is 4.90 Å². The van der Waals surface area contributed by atoms with E-state index in [-0.39, 0.29) is 11.3 Å². The molecule has 0 saturated carbocycles. The Morgan fingerprint density at radius 2 is 1.70 bits per heavy atom. The molecule has 0 spiro atoms. The predicted molar refractivity (Wildman–Crippen MR) is 151 cm³/mol. The quantitative estimate of drug-likeness (QED) is 0.245. The maximum absolute atomic E-state index is 13.4. The number of hydrogen-bond acceptors (Lipinski definition) is 7. The third-order valence-corrected chi connectivity index (χ3v) is 7.41. The number of aryl methyl sites for hydroxylation is 1. The van der Waals surface area contributed by atoms with Crippen molar-refractivity contribution >= 4 is 17.4 Å². The maximum atomic E-state index is 13.4. The summed E-state index contributed by atoms with van der Waals surface area (Å²) >= 11 is 0. The molecular formula is C32H34N2O6. The molecule has 2 fully saturated rings. The van der Waals surface area contributed by atoms with Crippen molar-refractivity contribution in [3.8, 4) is 11.5 Å². The van der Waals surface area contributed by atoms with Crippen LogP contribution in [-0.4, -0.2) is 73.1 Å². The van der Waals surface area contributed by atoms with E-state index >= 15 is 0 Å². The summed E-state index contributed by atoms with van der Waals surface area (Å²) in [5.41, 5.74) is 3.12. The van der Waals surface area contributed by atoms with Crippen LogP contribution >= 0.6 is 0 Å². The fourth-order valence-electron chi connectivity index (χ4n) is 5.20. The fraction of sp³-hybridized carbons (Fsp3) is 0.312. The molecule has 2 heterocycles. The molecular weight excluding hydrogens is 508 g/mol. The molecule has 0 bridgehead atoms. The van der Waals surface area contributed by atoms with E-state index in [4.69, 9.17) is 14.2 Å². The summed E-state index contributed by atoms with van der Waals surface area (Å²) in [6, 6.07) is 21.7. The monoisotopic (exact) mass is 542 g/mol. The van der Waals surface area contributed by atoms with Gasteiger partial charge in [0.1, 0.15) is 23.9 Å². The van der Waals surface area contributed by atoms with Crippen LogP contribution in [0.3, 0.4) is 0 Å². The lowest BCUT2D eigenvalue weighted by Crippen LogP contribution is -2.42.